The Kier molecular flexibility index (Phi) is 3.63. The Morgan fingerprint density at radius 3 is 2.58 bits per heavy atom. The molecule has 6 nitrogen and oxygen atoms in total. The molecule has 1 fully saturated rings. The minimum Gasteiger partial charge on any atom is -0.462 e. The van der Waals surface area contributed by atoms with Crippen LogP contribution in [0.2, 0.25) is 0 Å². The molecule has 2 aliphatic heterocycles. The number of hydrogen-bond acceptors (Lipinski definition) is 6. The molecule has 4 heterocycles. The largest absolute Gasteiger partial charge is 0.462 e. The lowest BCUT2D eigenvalue weighted by Crippen LogP contribution is -2.32. The number of pyridine rings is 2. The van der Waals surface area contributed by atoms with Crippen molar-refractivity contribution in [1.29, 1.82) is 0 Å². The number of nitrogens with two attached hydrogens (primary N) is 1. The second kappa shape index (κ2) is 6.19. The number of ether oxygens (including phenoxy) is 2. The number of aromatic nitrogens is 2. The molecule has 1 aliphatic carbocycles. The molecular weight excluding hydrogens is 409 g/mol. The van der Waals surface area contributed by atoms with Gasteiger partial charge < -0.3 is 15.2 Å². The molecule has 1 atom stereocenters. The third-order valence-electron chi connectivity index (χ3n) is 5.90. The summed E-state index contributed by atoms with van der Waals surface area (Å²) in [6.07, 6.45) is 3.13. The van der Waals surface area contributed by atoms with Crippen molar-refractivity contribution in [1.82, 2.24) is 9.97 Å². The average Bonchev–Trinajstić information content (AvgIpc) is 3.52. The van der Waals surface area contributed by atoms with Crippen LogP contribution in [-0.2, 0) is 10.3 Å². The Hall–Kier alpha value is -3.62. The topological polar surface area (TPSA) is 82.6 Å². The highest BCUT2D eigenvalue weighted by molar-refractivity contribution is 5.78. The third-order valence-corrected chi connectivity index (χ3v) is 5.90. The highest BCUT2D eigenvalue weighted by Crippen LogP contribution is 2.54. The highest BCUT2D eigenvalue weighted by Gasteiger charge is 2.49. The van der Waals surface area contributed by atoms with Gasteiger partial charge in [-0.2, -0.15) is 8.78 Å². The summed E-state index contributed by atoms with van der Waals surface area (Å²) in [6.45, 7) is -0.0314. The predicted octanol–water partition coefficient (Wildman–Crippen LogP) is 4.13. The fourth-order valence-corrected chi connectivity index (χ4v) is 4.23. The van der Waals surface area contributed by atoms with E-state index in [0.717, 1.165) is 18.9 Å². The monoisotopic (exact) mass is 424 g/mol. The smallest absolute Gasteiger partial charge is 0.283 e. The molecule has 9 heteroatoms. The lowest BCUT2D eigenvalue weighted by Gasteiger charge is -2.34. The fourth-order valence-electron chi connectivity index (χ4n) is 4.23. The SMILES string of the molecule is NC1=NC2(CO1)c1cc(-c3cccnc3F)c(F)cc1Oc1c2cc(C2CC2)nc1F. The molecule has 1 unspecified atom stereocenters. The van der Waals surface area contributed by atoms with Crippen LogP contribution in [-0.4, -0.2) is 22.6 Å². The van der Waals surface area contributed by atoms with Crippen molar-refractivity contribution in [3.8, 4) is 22.6 Å². The van der Waals surface area contributed by atoms with Crippen molar-refractivity contribution < 1.29 is 22.6 Å². The van der Waals surface area contributed by atoms with Crippen LogP contribution in [0.5, 0.6) is 11.5 Å². The number of halogens is 3. The van der Waals surface area contributed by atoms with Gasteiger partial charge in [-0.25, -0.2) is 19.4 Å². The minimum atomic E-state index is -1.26. The van der Waals surface area contributed by atoms with Crippen molar-refractivity contribution in [2.24, 2.45) is 10.7 Å². The molecule has 1 aromatic carbocycles. The first-order valence-electron chi connectivity index (χ1n) is 9.78. The Bertz CT molecular complexity index is 1290. The molecule has 0 amide bonds. The number of hydrogen-bond donors (Lipinski definition) is 1. The van der Waals surface area contributed by atoms with Gasteiger partial charge in [-0.3, -0.25) is 0 Å². The van der Waals surface area contributed by atoms with Gasteiger partial charge in [0.2, 0.25) is 5.95 Å². The predicted molar refractivity (Wildman–Crippen MR) is 104 cm³/mol. The lowest BCUT2D eigenvalue weighted by molar-refractivity contribution is 0.260. The highest BCUT2D eigenvalue weighted by atomic mass is 19.1. The van der Waals surface area contributed by atoms with E-state index in [9.17, 15) is 13.2 Å². The molecule has 0 bridgehead atoms. The molecule has 156 valence electrons. The number of fused-ring (bicyclic) bond motifs is 4. The van der Waals surface area contributed by atoms with E-state index >= 15 is 0 Å². The van der Waals surface area contributed by atoms with Crippen LogP contribution >= 0.6 is 0 Å². The van der Waals surface area contributed by atoms with E-state index in [1.165, 1.54) is 24.4 Å². The number of nitrogens with zero attached hydrogens (tertiary/aromatic N) is 3. The average molecular weight is 424 g/mol. The first-order valence-corrected chi connectivity index (χ1v) is 9.78. The molecule has 3 aliphatic rings. The zero-order valence-electron chi connectivity index (χ0n) is 16.0. The van der Waals surface area contributed by atoms with E-state index in [0.29, 0.717) is 16.8 Å². The maximum absolute atomic E-state index is 15.0. The summed E-state index contributed by atoms with van der Waals surface area (Å²) >= 11 is 0. The summed E-state index contributed by atoms with van der Waals surface area (Å²) in [5, 5.41) is 0. The Labute approximate surface area is 174 Å². The van der Waals surface area contributed by atoms with Gasteiger partial charge in [0.15, 0.2) is 11.3 Å². The van der Waals surface area contributed by atoms with Crippen molar-refractivity contribution in [2.45, 2.75) is 24.3 Å². The maximum atomic E-state index is 15.0. The van der Waals surface area contributed by atoms with Crippen molar-refractivity contribution in [3.63, 3.8) is 0 Å². The first-order chi connectivity index (χ1) is 15.0. The second-order valence-corrected chi connectivity index (χ2v) is 7.86. The van der Waals surface area contributed by atoms with E-state index in [1.54, 1.807) is 6.07 Å². The van der Waals surface area contributed by atoms with Crippen LogP contribution in [0.1, 0.15) is 35.6 Å². The summed E-state index contributed by atoms with van der Waals surface area (Å²) in [7, 11) is 0. The van der Waals surface area contributed by atoms with Crippen LogP contribution in [0.15, 0.2) is 41.5 Å². The molecule has 2 aromatic heterocycles. The van der Waals surface area contributed by atoms with Gasteiger partial charge in [-0.15, -0.1) is 0 Å². The molecule has 1 spiro atoms. The molecule has 31 heavy (non-hydrogen) atoms. The number of amidine groups is 1. The first kappa shape index (κ1) is 18.2. The summed E-state index contributed by atoms with van der Waals surface area (Å²) in [5.74, 6) is -2.28. The summed E-state index contributed by atoms with van der Waals surface area (Å²) in [4.78, 5) is 12.1. The molecule has 2 N–H and O–H groups in total. The number of benzene rings is 1. The lowest BCUT2D eigenvalue weighted by atomic mass is 9.80. The quantitative estimate of drug-likeness (QED) is 0.626. The molecule has 6 rings (SSSR count). The van der Waals surface area contributed by atoms with Crippen molar-refractivity contribution in [2.75, 3.05) is 6.61 Å². The molecule has 0 saturated heterocycles. The van der Waals surface area contributed by atoms with E-state index in [1.807, 2.05) is 0 Å². The van der Waals surface area contributed by atoms with E-state index in [4.69, 9.17) is 15.2 Å². The maximum Gasteiger partial charge on any atom is 0.283 e. The Morgan fingerprint density at radius 1 is 1.03 bits per heavy atom. The van der Waals surface area contributed by atoms with E-state index in [-0.39, 0.29) is 41.2 Å². The van der Waals surface area contributed by atoms with Crippen LogP contribution < -0.4 is 10.5 Å². The molecule has 0 radical (unpaired) electrons. The summed E-state index contributed by atoms with van der Waals surface area (Å²) < 4.78 is 55.4. The van der Waals surface area contributed by atoms with Crippen LogP contribution in [0.25, 0.3) is 11.1 Å². The van der Waals surface area contributed by atoms with Gasteiger partial charge >= 0.3 is 0 Å². The third kappa shape index (κ3) is 2.62. The minimum absolute atomic E-state index is 0.0146. The van der Waals surface area contributed by atoms with Crippen LogP contribution in [0.4, 0.5) is 13.2 Å². The van der Waals surface area contributed by atoms with Crippen molar-refractivity contribution in [3.05, 3.63) is 71.1 Å². The molecule has 1 saturated carbocycles. The zero-order chi connectivity index (χ0) is 21.3. The second-order valence-electron chi connectivity index (χ2n) is 7.86. The normalized spacial score (nSPS) is 21.2. The standard InChI is InChI=1S/C22H15F3N4O2/c23-15-8-17-13(6-12(15)11-2-1-5-27-19(11)24)22(9-30-21(26)29-22)14-7-16(10-3-4-10)28-20(25)18(14)31-17/h1-2,5-8,10H,3-4,9H2,(H2,26,29). The van der Waals surface area contributed by atoms with Gasteiger partial charge in [0, 0.05) is 46.1 Å². The van der Waals surface area contributed by atoms with Crippen molar-refractivity contribution >= 4 is 6.02 Å². The van der Waals surface area contributed by atoms with E-state index in [2.05, 4.69) is 15.0 Å². The summed E-state index contributed by atoms with van der Waals surface area (Å²) in [5.41, 5.74) is 5.94. The Balaban J connectivity index is 1.62. The van der Waals surface area contributed by atoms with Gasteiger partial charge in [0.25, 0.3) is 12.0 Å². The van der Waals surface area contributed by atoms with Crippen LogP contribution in [0, 0.1) is 17.7 Å². The van der Waals surface area contributed by atoms with Gasteiger partial charge in [0.1, 0.15) is 18.2 Å². The van der Waals surface area contributed by atoms with Crippen LogP contribution in [0.3, 0.4) is 0 Å². The molecule has 3 aromatic rings. The number of aliphatic imine (C=N–C) groups is 1. The van der Waals surface area contributed by atoms with Gasteiger partial charge in [-0.1, -0.05) is 0 Å². The molecular formula is C22H15F3N4O2. The zero-order valence-corrected chi connectivity index (χ0v) is 16.0. The summed E-state index contributed by atoms with van der Waals surface area (Å²) in [6, 6.07) is 7.13. The van der Waals surface area contributed by atoms with Gasteiger partial charge in [0.05, 0.1) is 0 Å². The fraction of sp³-hybridized carbons (Fsp3) is 0.227. The number of rotatable bonds is 2. The Morgan fingerprint density at radius 2 is 1.87 bits per heavy atom. The van der Waals surface area contributed by atoms with Gasteiger partial charge in [-0.05, 0) is 37.1 Å². The van der Waals surface area contributed by atoms with E-state index < -0.39 is 23.3 Å².